The Hall–Kier alpha value is -2.93. The van der Waals surface area contributed by atoms with E-state index in [-0.39, 0.29) is 17.9 Å². The number of carbonyl (C=O) groups excluding carboxylic acids is 2. The van der Waals surface area contributed by atoms with Gasteiger partial charge in [-0.25, -0.2) is 4.98 Å². The number of H-pyrrole nitrogens is 1. The smallest absolute Gasteiger partial charge is 0.234 e. The van der Waals surface area contributed by atoms with Crippen LogP contribution in [-0.4, -0.2) is 52.0 Å². The zero-order chi connectivity index (χ0) is 21.0. The minimum atomic E-state index is -0.718. The van der Waals surface area contributed by atoms with E-state index in [4.69, 9.17) is 4.74 Å². The molecule has 0 unspecified atom stereocenters. The summed E-state index contributed by atoms with van der Waals surface area (Å²) in [6, 6.07) is 8.10. The number of benzene rings is 1. The van der Waals surface area contributed by atoms with E-state index in [1.165, 1.54) is 5.56 Å². The van der Waals surface area contributed by atoms with Crippen molar-refractivity contribution in [1.82, 2.24) is 14.9 Å². The molecule has 2 fully saturated rings. The predicted octanol–water partition coefficient (Wildman–Crippen LogP) is 2.48. The lowest BCUT2D eigenvalue weighted by Crippen LogP contribution is -2.44. The number of rotatable bonds is 5. The summed E-state index contributed by atoms with van der Waals surface area (Å²) in [6.45, 7) is 5.10. The number of aromatic nitrogens is 2. The van der Waals surface area contributed by atoms with Crippen molar-refractivity contribution in [2.24, 2.45) is 11.8 Å². The largest absolute Gasteiger partial charge is 0.360 e. The van der Waals surface area contributed by atoms with Gasteiger partial charge < -0.3 is 19.5 Å². The number of carbonyl (C=O) groups is 2. The molecule has 1 spiro atoms. The second-order valence-electron chi connectivity index (χ2n) is 8.80. The average Bonchev–Trinajstić information content (AvgIpc) is 3.50. The normalized spacial score (nSPS) is 29.1. The molecule has 0 aliphatic carbocycles. The molecular formula is C23H26N4O3. The third-order valence-electron chi connectivity index (χ3n) is 6.57. The monoisotopic (exact) mass is 406 g/mol. The summed E-state index contributed by atoms with van der Waals surface area (Å²) in [5.74, 6) is 0.0118. The molecule has 4 heterocycles. The Morgan fingerprint density at radius 1 is 1.37 bits per heavy atom. The number of fused-ring (bicyclic) bond motifs is 1. The fourth-order valence-corrected chi connectivity index (χ4v) is 4.98. The molecule has 1 N–H and O–H groups in total. The van der Waals surface area contributed by atoms with Crippen LogP contribution in [0, 0.1) is 11.8 Å². The minimum Gasteiger partial charge on any atom is -0.360 e. The molecule has 30 heavy (non-hydrogen) atoms. The van der Waals surface area contributed by atoms with Gasteiger partial charge in [0, 0.05) is 25.1 Å². The van der Waals surface area contributed by atoms with Crippen molar-refractivity contribution in [3.8, 4) is 0 Å². The maximum Gasteiger partial charge on any atom is 0.234 e. The van der Waals surface area contributed by atoms with Gasteiger partial charge in [-0.15, -0.1) is 0 Å². The van der Waals surface area contributed by atoms with Gasteiger partial charge in [-0.3, -0.25) is 9.59 Å². The van der Waals surface area contributed by atoms with E-state index >= 15 is 0 Å². The van der Waals surface area contributed by atoms with Crippen molar-refractivity contribution in [2.45, 2.75) is 38.0 Å². The van der Waals surface area contributed by atoms with Crippen LogP contribution in [0.15, 0.2) is 48.8 Å². The molecule has 7 heteroatoms. The van der Waals surface area contributed by atoms with Crippen LogP contribution in [-0.2, 0) is 20.9 Å². The SMILES string of the molecule is CC(C)c1ccc(N2C[C@]34C=C[C@H](O3)[C@@H](C(=O)N(C)Cc3ncc[nH]3)[C@H]4C2=O)cc1. The van der Waals surface area contributed by atoms with Crippen LogP contribution >= 0.6 is 0 Å². The maximum absolute atomic E-state index is 13.5. The summed E-state index contributed by atoms with van der Waals surface area (Å²) in [7, 11) is 1.75. The quantitative estimate of drug-likeness (QED) is 0.774. The predicted molar refractivity (Wildman–Crippen MR) is 112 cm³/mol. The molecule has 0 saturated carbocycles. The van der Waals surface area contributed by atoms with Crippen molar-refractivity contribution in [2.75, 3.05) is 18.5 Å². The molecule has 2 amide bonds. The number of anilines is 1. The van der Waals surface area contributed by atoms with Crippen LogP contribution in [0.1, 0.15) is 31.2 Å². The first-order chi connectivity index (χ1) is 14.4. The lowest BCUT2D eigenvalue weighted by atomic mass is 9.76. The van der Waals surface area contributed by atoms with Crippen LogP contribution in [0.25, 0.3) is 0 Å². The molecule has 2 saturated heterocycles. The standard InChI is InChI=1S/C23H26N4O3/c1-14(2)15-4-6-16(7-5-15)27-13-23-9-8-17(30-23)19(20(23)22(27)29)21(28)26(3)12-18-24-10-11-25-18/h4-11,14,17,19-20H,12-13H2,1-3H3,(H,24,25)/t17-,19+,20-,23-/m0/s1. The van der Waals surface area contributed by atoms with Crippen LogP contribution in [0.4, 0.5) is 5.69 Å². The number of hydrogen-bond donors (Lipinski definition) is 1. The number of ether oxygens (including phenoxy) is 1. The van der Waals surface area contributed by atoms with Gasteiger partial charge in [0.05, 0.1) is 31.0 Å². The van der Waals surface area contributed by atoms with Crippen LogP contribution < -0.4 is 4.90 Å². The first-order valence-electron chi connectivity index (χ1n) is 10.4. The Morgan fingerprint density at radius 2 is 2.13 bits per heavy atom. The number of aromatic amines is 1. The number of hydrogen-bond acceptors (Lipinski definition) is 4. The Labute approximate surface area is 175 Å². The van der Waals surface area contributed by atoms with Crippen molar-refractivity contribution in [3.63, 3.8) is 0 Å². The van der Waals surface area contributed by atoms with E-state index in [0.29, 0.717) is 24.8 Å². The van der Waals surface area contributed by atoms with E-state index in [0.717, 1.165) is 5.69 Å². The molecule has 3 aliphatic rings. The summed E-state index contributed by atoms with van der Waals surface area (Å²) < 4.78 is 6.24. The topological polar surface area (TPSA) is 78.5 Å². The molecule has 4 atom stereocenters. The average molecular weight is 406 g/mol. The molecule has 7 nitrogen and oxygen atoms in total. The molecule has 5 rings (SSSR count). The van der Waals surface area contributed by atoms with Crippen LogP contribution in [0.2, 0.25) is 0 Å². The summed E-state index contributed by atoms with van der Waals surface area (Å²) in [4.78, 5) is 37.4. The molecular weight excluding hydrogens is 380 g/mol. The Kier molecular flexibility index (Phi) is 4.32. The van der Waals surface area contributed by atoms with Gasteiger partial charge in [-0.2, -0.15) is 0 Å². The lowest BCUT2D eigenvalue weighted by Gasteiger charge is -2.27. The summed E-state index contributed by atoms with van der Waals surface area (Å²) in [5, 5.41) is 0. The van der Waals surface area contributed by atoms with Gasteiger partial charge in [0.2, 0.25) is 11.8 Å². The highest BCUT2D eigenvalue weighted by Gasteiger charge is 2.67. The van der Waals surface area contributed by atoms with Gasteiger partial charge in [0.15, 0.2) is 0 Å². The highest BCUT2D eigenvalue weighted by Crippen LogP contribution is 2.53. The molecule has 2 bridgehead atoms. The second-order valence-corrected chi connectivity index (χ2v) is 8.80. The van der Waals surface area contributed by atoms with Gasteiger partial charge in [0.25, 0.3) is 0 Å². The first-order valence-corrected chi connectivity index (χ1v) is 10.4. The van der Waals surface area contributed by atoms with Crippen molar-refractivity contribution in [1.29, 1.82) is 0 Å². The zero-order valence-electron chi connectivity index (χ0n) is 17.4. The molecule has 3 aliphatic heterocycles. The molecule has 0 radical (unpaired) electrons. The van der Waals surface area contributed by atoms with Gasteiger partial charge in [-0.05, 0) is 23.6 Å². The Bertz CT molecular complexity index is 998. The summed E-state index contributed by atoms with van der Waals surface area (Å²) in [6.07, 6.45) is 6.97. The molecule has 1 aromatic carbocycles. The van der Waals surface area contributed by atoms with Gasteiger partial charge >= 0.3 is 0 Å². The van der Waals surface area contributed by atoms with Crippen LogP contribution in [0.3, 0.4) is 0 Å². The fourth-order valence-electron chi connectivity index (χ4n) is 4.98. The van der Waals surface area contributed by atoms with E-state index in [1.54, 1.807) is 29.2 Å². The Balaban J connectivity index is 1.40. The number of nitrogens with zero attached hydrogens (tertiary/aromatic N) is 3. The van der Waals surface area contributed by atoms with E-state index in [9.17, 15) is 9.59 Å². The van der Waals surface area contributed by atoms with Gasteiger partial charge in [-0.1, -0.05) is 38.1 Å². The number of nitrogens with one attached hydrogen (secondary N) is 1. The lowest BCUT2D eigenvalue weighted by molar-refractivity contribution is -0.139. The Morgan fingerprint density at radius 3 is 2.80 bits per heavy atom. The molecule has 156 valence electrons. The number of amides is 2. The molecule has 1 aromatic heterocycles. The highest BCUT2D eigenvalue weighted by molar-refractivity contribution is 6.03. The fraction of sp³-hybridized carbons (Fsp3) is 0.435. The third-order valence-corrected chi connectivity index (χ3v) is 6.57. The van der Waals surface area contributed by atoms with Crippen molar-refractivity contribution in [3.05, 3.63) is 60.2 Å². The first kappa shape index (κ1) is 19.1. The van der Waals surface area contributed by atoms with Crippen molar-refractivity contribution >= 4 is 17.5 Å². The van der Waals surface area contributed by atoms with E-state index < -0.39 is 17.4 Å². The summed E-state index contributed by atoms with van der Waals surface area (Å²) in [5.41, 5.74) is 1.36. The van der Waals surface area contributed by atoms with E-state index in [2.05, 4.69) is 35.9 Å². The molecule has 2 aromatic rings. The van der Waals surface area contributed by atoms with Gasteiger partial charge in [0.1, 0.15) is 11.4 Å². The highest BCUT2D eigenvalue weighted by atomic mass is 16.5. The maximum atomic E-state index is 13.5. The van der Waals surface area contributed by atoms with E-state index in [1.807, 2.05) is 24.3 Å². The number of imidazole rings is 1. The zero-order valence-corrected chi connectivity index (χ0v) is 17.4. The summed E-state index contributed by atoms with van der Waals surface area (Å²) >= 11 is 0. The third kappa shape index (κ3) is 2.80. The van der Waals surface area contributed by atoms with Crippen molar-refractivity contribution < 1.29 is 14.3 Å². The van der Waals surface area contributed by atoms with Crippen LogP contribution in [0.5, 0.6) is 0 Å². The minimum absolute atomic E-state index is 0.0381. The second kappa shape index (κ2) is 6.80.